The van der Waals surface area contributed by atoms with Gasteiger partial charge in [-0.05, 0) is 56.0 Å². The van der Waals surface area contributed by atoms with E-state index in [1.54, 1.807) is 20.3 Å². The molecule has 0 aliphatic carbocycles. The molecule has 43 heavy (non-hydrogen) atoms. The second kappa shape index (κ2) is 18.2. The third kappa shape index (κ3) is 11.7. The normalized spacial score (nSPS) is 12.3. The Balaban J connectivity index is 2.44. The fraction of sp³-hybridized carbons (Fsp3) is 0.548. The second-order valence-electron chi connectivity index (χ2n) is 10.2. The largest absolute Gasteiger partial charge is 0.507 e. The van der Waals surface area contributed by atoms with Crippen LogP contribution in [-0.2, 0) is 40.0 Å². The molecule has 0 saturated carbocycles. The predicted molar refractivity (Wildman–Crippen MR) is 162 cm³/mol. The first-order chi connectivity index (χ1) is 20.4. The van der Waals surface area contributed by atoms with E-state index in [4.69, 9.17) is 25.8 Å². The van der Waals surface area contributed by atoms with Gasteiger partial charge in [-0.3, -0.25) is 9.69 Å². The molecule has 0 aromatic heterocycles. The number of ether oxygens (including phenoxy) is 3. The highest BCUT2D eigenvalue weighted by atomic mass is 35.5. The number of carbonyl (C=O) groups excluding carboxylic acids is 1. The molecule has 2 aromatic rings. The summed E-state index contributed by atoms with van der Waals surface area (Å²) in [6.45, 7) is 8.07. The Morgan fingerprint density at radius 2 is 1.65 bits per heavy atom. The Hall–Kier alpha value is -2.70. The lowest BCUT2D eigenvalue weighted by molar-refractivity contribution is -0.137. The number of phenolic OH excluding ortho intramolecular Hbond substituents is 1. The Bertz CT molecular complexity index is 1220. The van der Waals surface area contributed by atoms with Crippen LogP contribution >= 0.6 is 11.6 Å². The first kappa shape index (κ1) is 36.5. The predicted octanol–water partition coefficient (Wildman–Crippen LogP) is 6.91. The van der Waals surface area contributed by atoms with Crippen molar-refractivity contribution in [2.75, 3.05) is 47.1 Å². The van der Waals surface area contributed by atoms with Gasteiger partial charge in [-0.1, -0.05) is 31.9 Å². The van der Waals surface area contributed by atoms with Crippen LogP contribution in [0.4, 0.5) is 18.9 Å². The number of nitrogens with one attached hydrogen (secondary N) is 1. The van der Waals surface area contributed by atoms with Crippen LogP contribution in [0.3, 0.4) is 0 Å². The van der Waals surface area contributed by atoms with Gasteiger partial charge in [0.05, 0.1) is 36.6 Å². The summed E-state index contributed by atoms with van der Waals surface area (Å²) in [5, 5.41) is 13.9. The van der Waals surface area contributed by atoms with Crippen LogP contribution in [0.25, 0.3) is 0 Å². The molecule has 0 spiro atoms. The number of aromatic hydroxyl groups is 1. The molecule has 0 atom stereocenters. The minimum absolute atomic E-state index is 0.0550. The van der Waals surface area contributed by atoms with Gasteiger partial charge in [0, 0.05) is 56.6 Å². The number of carbonyl (C=O) groups is 1. The molecule has 2 N–H and O–H groups in total. The number of unbranched alkanes of at least 4 members (excludes halogenated alkanes) is 1. The smallest absolute Gasteiger partial charge is 0.416 e. The third-order valence-corrected chi connectivity index (χ3v) is 6.81. The molecule has 0 aliphatic rings. The molecule has 0 heterocycles. The van der Waals surface area contributed by atoms with E-state index in [1.807, 2.05) is 18.7 Å². The van der Waals surface area contributed by atoms with Crippen LogP contribution in [0, 0.1) is 0 Å². The Kier molecular flexibility index (Phi) is 15.4. The number of methoxy groups -OCH3 is 2. The van der Waals surface area contributed by atoms with Crippen LogP contribution in [0.1, 0.15) is 72.6 Å². The van der Waals surface area contributed by atoms with Crippen molar-refractivity contribution >= 4 is 29.0 Å². The van der Waals surface area contributed by atoms with E-state index in [9.17, 15) is 23.1 Å². The number of amidine groups is 1. The number of halogens is 4. The molecular weight excluding hydrogens is 587 g/mol. The maximum atomic E-state index is 13.7. The SMILES string of the molecule is CCCCc1cc(C(F)(F)F)cc(COCCC)c1N=C(C)NC(=O)c1cc(Cl)cc(CN(CCOC)CCOC)c1O. The molecule has 0 saturated heterocycles. The lowest BCUT2D eigenvalue weighted by atomic mass is 9.98. The topological polar surface area (TPSA) is 92.6 Å². The molecular formula is C31H43ClF3N3O5. The summed E-state index contributed by atoms with van der Waals surface area (Å²) in [6.07, 6.45) is -2.01. The van der Waals surface area contributed by atoms with Crippen LogP contribution in [-0.4, -0.2) is 68.9 Å². The number of benzene rings is 2. The number of aliphatic imine (C=N–C) groups is 1. The van der Waals surface area contributed by atoms with Crippen LogP contribution < -0.4 is 5.32 Å². The molecule has 0 unspecified atom stereocenters. The van der Waals surface area contributed by atoms with Gasteiger partial charge in [0.25, 0.3) is 5.91 Å². The van der Waals surface area contributed by atoms with Crippen LogP contribution in [0.2, 0.25) is 5.02 Å². The van der Waals surface area contributed by atoms with Gasteiger partial charge in [0.1, 0.15) is 11.6 Å². The zero-order valence-electron chi connectivity index (χ0n) is 25.6. The van der Waals surface area contributed by atoms with Crippen molar-refractivity contribution < 1.29 is 37.3 Å². The molecule has 8 nitrogen and oxygen atoms in total. The molecule has 0 radical (unpaired) electrons. The Morgan fingerprint density at radius 3 is 2.23 bits per heavy atom. The summed E-state index contributed by atoms with van der Waals surface area (Å²) in [7, 11) is 3.19. The van der Waals surface area contributed by atoms with Crippen molar-refractivity contribution in [1.82, 2.24) is 10.2 Å². The van der Waals surface area contributed by atoms with Crippen molar-refractivity contribution in [3.63, 3.8) is 0 Å². The number of aryl methyl sites for hydroxylation is 1. The number of phenols is 1. The van der Waals surface area contributed by atoms with Crippen molar-refractivity contribution in [2.24, 2.45) is 4.99 Å². The van der Waals surface area contributed by atoms with E-state index in [-0.39, 0.29) is 34.3 Å². The monoisotopic (exact) mass is 629 g/mol. The summed E-state index contributed by atoms with van der Waals surface area (Å²) in [6, 6.07) is 5.10. The maximum absolute atomic E-state index is 13.7. The van der Waals surface area contributed by atoms with E-state index < -0.39 is 17.6 Å². The zero-order valence-corrected chi connectivity index (χ0v) is 26.3. The fourth-order valence-electron chi connectivity index (χ4n) is 4.39. The fourth-order valence-corrected chi connectivity index (χ4v) is 4.63. The highest BCUT2D eigenvalue weighted by Crippen LogP contribution is 2.37. The van der Waals surface area contributed by atoms with E-state index in [2.05, 4.69) is 10.3 Å². The average molecular weight is 630 g/mol. The standard InChI is InChI=1S/C31H43ClF3N3O5/c1-6-8-9-22-15-25(31(33,34)35)16-24(20-43-12-7-2)28(22)36-21(3)37-30(40)27-18-26(32)17-23(29(27)39)19-38(10-13-41-4)11-14-42-5/h15-18,39H,6-14,19-20H2,1-5H3,(H,36,37,40). The molecule has 0 fully saturated rings. The first-order valence-corrected chi connectivity index (χ1v) is 14.7. The zero-order chi connectivity index (χ0) is 32.0. The number of rotatable bonds is 17. The second-order valence-corrected chi connectivity index (χ2v) is 10.6. The number of hydrogen-bond acceptors (Lipinski definition) is 7. The van der Waals surface area contributed by atoms with Crippen LogP contribution in [0.15, 0.2) is 29.3 Å². The van der Waals surface area contributed by atoms with Crippen molar-refractivity contribution in [1.29, 1.82) is 0 Å². The van der Waals surface area contributed by atoms with Crippen molar-refractivity contribution in [2.45, 2.75) is 65.8 Å². The van der Waals surface area contributed by atoms with E-state index in [0.717, 1.165) is 18.6 Å². The number of alkyl halides is 3. The molecule has 0 bridgehead atoms. The molecule has 0 aliphatic heterocycles. The summed E-state index contributed by atoms with van der Waals surface area (Å²) < 4.78 is 57.2. The van der Waals surface area contributed by atoms with Gasteiger partial charge in [0.2, 0.25) is 0 Å². The van der Waals surface area contributed by atoms with E-state index in [1.165, 1.54) is 13.0 Å². The summed E-state index contributed by atoms with van der Waals surface area (Å²) >= 11 is 6.33. The first-order valence-electron chi connectivity index (χ1n) is 14.3. The Morgan fingerprint density at radius 1 is 1.00 bits per heavy atom. The van der Waals surface area contributed by atoms with Gasteiger partial charge in [0.15, 0.2) is 0 Å². The highest BCUT2D eigenvalue weighted by Gasteiger charge is 2.32. The van der Waals surface area contributed by atoms with Gasteiger partial charge < -0.3 is 24.6 Å². The lowest BCUT2D eigenvalue weighted by Gasteiger charge is -2.23. The van der Waals surface area contributed by atoms with Crippen molar-refractivity contribution in [3.05, 3.63) is 57.1 Å². The quantitative estimate of drug-likeness (QED) is 0.112. The maximum Gasteiger partial charge on any atom is 0.416 e. The van der Waals surface area contributed by atoms with E-state index >= 15 is 0 Å². The molecule has 240 valence electrons. The third-order valence-electron chi connectivity index (χ3n) is 6.59. The average Bonchev–Trinajstić information content (AvgIpc) is 2.95. The molecule has 2 aromatic carbocycles. The summed E-state index contributed by atoms with van der Waals surface area (Å²) in [5.41, 5.74) is 0.651. The number of hydrogen-bond donors (Lipinski definition) is 2. The summed E-state index contributed by atoms with van der Waals surface area (Å²) in [5.74, 6) is -0.753. The highest BCUT2D eigenvalue weighted by molar-refractivity contribution is 6.31. The number of amides is 1. The molecule has 12 heteroatoms. The van der Waals surface area contributed by atoms with Gasteiger partial charge in [-0.25, -0.2) is 4.99 Å². The number of nitrogens with zero attached hydrogens (tertiary/aromatic N) is 2. The van der Waals surface area contributed by atoms with Crippen LogP contribution in [0.5, 0.6) is 5.75 Å². The van der Waals surface area contributed by atoms with Gasteiger partial charge in [-0.2, -0.15) is 13.2 Å². The minimum atomic E-state index is -4.53. The summed E-state index contributed by atoms with van der Waals surface area (Å²) in [4.78, 5) is 19.9. The minimum Gasteiger partial charge on any atom is -0.507 e. The van der Waals surface area contributed by atoms with Crippen molar-refractivity contribution in [3.8, 4) is 5.75 Å². The van der Waals surface area contributed by atoms with E-state index in [0.29, 0.717) is 75.5 Å². The van der Waals surface area contributed by atoms with Gasteiger partial charge >= 0.3 is 6.18 Å². The lowest BCUT2D eigenvalue weighted by Crippen LogP contribution is -2.31. The Labute approximate surface area is 257 Å². The molecule has 1 amide bonds. The molecule has 2 rings (SSSR count). The van der Waals surface area contributed by atoms with Gasteiger partial charge in [-0.15, -0.1) is 0 Å².